The summed E-state index contributed by atoms with van der Waals surface area (Å²) in [7, 11) is 1.56. The number of rotatable bonds is 7. The normalized spacial score (nSPS) is 10.1. The van der Waals surface area contributed by atoms with E-state index in [0.29, 0.717) is 11.5 Å². The minimum absolute atomic E-state index is 0.0389. The highest BCUT2D eigenvalue weighted by atomic mass is 19.1. The average molecular weight is 334 g/mol. The highest BCUT2D eigenvalue weighted by Gasteiger charge is 2.15. The van der Waals surface area contributed by atoms with Crippen LogP contribution in [-0.4, -0.2) is 24.5 Å². The Morgan fingerprint density at radius 2 is 1.88 bits per heavy atom. The van der Waals surface area contributed by atoms with E-state index in [1.165, 1.54) is 6.07 Å². The second kappa shape index (κ2) is 7.91. The monoisotopic (exact) mass is 334 g/mol. The van der Waals surface area contributed by atoms with Gasteiger partial charge in [0.05, 0.1) is 25.1 Å². The van der Waals surface area contributed by atoms with Gasteiger partial charge in [0.2, 0.25) is 11.7 Å². The molecule has 2 aromatic rings. The van der Waals surface area contributed by atoms with Gasteiger partial charge in [0.25, 0.3) is 0 Å². The van der Waals surface area contributed by atoms with Gasteiger partial charge >= 0.3 is 5.69 Å². The molecule has 0 aliphatic carbocycles. The van der Waals surface area contributed by atoms with Gasteiger partial charge in [-0.3, -0.25) is 14.9 Å². The Labute approximate surface area is 137 Å². The van der Waals surface area contributed by atoms with E-state index in [4.69, 9.17) is 9.47 Å². The van der Waals surface area contributed by atoms with Crippen LogP contribution in [0.15, 0.2) is 42.5 Å². The number of nitro benzene ring substituents is 1. The average Bonchev–Trinajstić information content (AvgIpc) is 2.57. The first-order valence-electron chi connectivity index (χ1n) is 7.00. The molecule has 1 N–H and O–H groups in total. The lowest BCUT2D eigenvalue weighted by atomic mass is 10.2. The lowest BCUT2D eigenvalue weighted by Crippen LogP contribution is -2.15. The lowest BCUT2D eigenvalue weighted by molar-refractivity contribution is -0.387. The number of anilines is 1. The number of methoxy groups -OCH3 is 1. The summed E-state index contributed by atoms with van der Waals surface area (Å²) in [6.45, 7) is 0.126. The molecule has 0 aromatic heterocycles. The van der Waals surface area contributed by atoms with Crippen molar-refractivity contribution in [2.24, 2.45) is 0 Å². The van der Waals surface area contributed by atoms with Crippen molar-refractivity contribution < 1.29 is 23.6 Å². The maximum atomic E-state index is 13.2. The van der Waals surface area contributed by atoms with Crippen LogP contribution >= 0.6 is 0 Å². The molecule has 2 aromatic carbocycles. The van der Waals surface area contributed by atoms with Crippen LogP contribution in [0, 0.1) is 15.9 Å². The van der Waals surface area contributed by atoms with Crippen LogP contribution in [0.3, 0.4) is 0 Å². The van der Waals surface area contributed by atoms with Gasteiger partial charge in [-0.25, -0.2) is 0 Å². The number of halogens is 1. The summed E-state index contributed by atoms with van der Waals surface area (Å²) in [4.78, 5) is 21.6. The Kier molecular flexibility index (Phi) is 5.67. The first kappa shape index (κ1) is 17.2. The molecule has 2 rings (SSSR count). The van der Waals surface area contributed by atoms with Crippen molar-refractivity contribution in [2.45, 2.75) is 6.42 Å². The van der Waals surface area contributed by atoms with Crippen LogP contribution in [0.25, 0.3) is 0 Å². The zero-order valence-electron chi connectivity index (χ0n) is 12.8. The number of hydrogen-bond donors (Lipinski definition) is 1. The smallest absolute Gasteiger partial charge is 0.306 e. The third kappa shape index (κ3) is 4.67. The van der Waals surface area contributed by atoms with Crippen molar-refractivity contribution in [3.05, 3.63) is 58.4 Å². The highest BCUT2D eigenvalue weighted by Crippen LogP contribution is 2.22. The topological polar surface area (TPSA) is 90.7 Å². The van der Waals surface area contributed by atoms with Gasteiger partial charge in [-0.15, -0.1) is 0 Å². The third-order valence-electron chi connectivity index (χ3n) is 3.08. The van der Waals surface area contributed by atoms with Gasteiger partial charge in [-0.05, 0) is 36.4 Å². The molecule has 0 aliphatic heterocycles. The van der Waals surface area contributed by atoms with Gasteiger partial charge < -0.3 is 14.8 Å². The Morgan fingerprint density at radius 1 is 1.21 bits per heavy atom. The molecule has 0 unspecified atom stereocenters. The molecular formula is C16H15FN2O5. The molecule has 0 fully saturated rings. The summed E-state index contributed by atoms with van der Waals surface area (Å²) in [5.74, 6) is -0.0794. The molecule has 0 heterocycles. The van der Waals surface area contributed by atoms with Crippen LogP contribution in [0.4, 0.5) is 15.8 Å². The van der Waals surface area contributed by atoms with Gasteiger partial charge in [-0.1, -0.05) is 0 Å². The molecule has 126 valence electrons. The predicted molar refractivity (Wildman–Crippen MR) is 84.8 cm³/mol. The van der Waals surface area contributed by atoms with Gasteiger partial charge in [0.15, 0.2) is 0 Å². The summed E-state index contributed by atoms with van der Waals surface area (Å²) < 4.78 is 23.6. The number of nitrogens with zero attached hydrogens (tertiary/aromatic N) is 1. The predicted octanol–water partition coefficient (Wildman–Crippen LogP) is 3.15. The Bertz CT molecular complexity index is 734. The first-order valence-corrected chi connectivity index (χ1v) is 7.00. The number of ether oxygens (including phenoxy) is 2. The molecule has 0 atom stereocenters. The molecule has 0 aliphatic rings. The van der Waals surface area contributed by atoms with Crippen molar-refractivity contribution in [2.75, 3.05) is 19.0 Å². The summed E-state index contributed by atoms with van der Waals surface area (Å²) in [5, 5.41) is 13.1. The van der Waals surface area contributed by atoms with Gasteiger partial charge in [0, 0.05) is 11.8 Å². The number of carbonyl (C=O) groups excluding carboxylic acids is 1. The van der Waals surface area contributed by atoms with E-state index in [9.17, 15) is 19.3 Å². The first-order chi connectivity index (χ1) is 11.5. The molecule has 0 spiro atoms. The molecular weight excluding hydrogens is 319 g/mol. The van der Waals surface area contributed by atoms with E-state index >= 15 is 0 Å². The van der Waals surface area contributed by atoms with Gasteiger partial charge in [-0.2, -0.15) is 4.39 Å². The van der Waals surface area contributed by atoms with E-state index in [2.05, 4.69) is 5.32 Å². The second-order valence-electron chi connectivity index (χ2n) is 4.75. The zero-order chi connectivity index (χ0) is 17.5. The standard InChI is InChI=1S/C16H15FN2O5/c1-23-12-3-5-13(6-4-12)24-9-8-16(20)18-11-2-7-14(17)15(10-11)19(21)22/h2-7,10H,8-9H2,1H3,(H,18,20). The Balaban J connectivity index is 1.84. The molecule has 0 saturated carbocycles. The minimum atomic E-state index is -0.958. The third-order valence-corrected chi connectivity index (χ3v) is 3.08. The maximum absolute atomic E-state index is 13.2. The summed E-state index contributed by atoms with van der Waals surface area (Å²) in [5.41, 5.74) is -0.542. The van der Waals surface area contributed by atoms with Crippen molar-refractivity contribution in [3.8, 4) is 11.5 Å². The van der Waals surface area contributed by atoms with Crippen LogP contribution in [0.2, 0.25) is 0 Å². The minimum Gasteiger partial charge on any atom is -0.497 e. The molecule has 0 bridgehead atoms. The fourth-order valence-corrected chi connectivity index (χ4v) is 1.89. The second-order valence-corrected chi connectivity index (χ2v) is 4.75. The largest absolute Gasteiger partial charge is 0.497 e. The number of amides is 1. The maximum Gasteiger partial charge on any atom is 0.306 e. The summed E-state index contributed by atoms with van der Waals surface area (Å²) in [6, 6.07) is 10.0. The van der Waals surface area contributed by atoms with Crippen LogP contribution in [-0.2, 0) is 4.79 Å². The van der Waals surface area contributed by atoms with E-state index in [0.717, 1.165) is 12.1 Å². The van der Waals surface area contributed by atoms with E-state index < -0.39 is 22.3 Å². The number of nitrogens with one attached hydrogen (secondary N) is 1. The molecule has 0 saturated heterocycles. The van der Waals surface area contributed by atoms with E-state index in [1.807, 2.05) is 0 Å². The van der Waals surface area contributed by atoms with Crippen molar-refractivity contribution in [3.63, 3.8) is 0 Å². The van der Waals surface area contributed by atoms with Crippen molar-refractivity contribution in [1.82, 2.24) is 0 Å². The van der Waals surface area contributed by atoms with E-state index in [-0.39, 0.29) is 18.7 Å². The van der Waals surface area contributed by atoms with Crippen LogP contribution in [0.1, 0.15) is 6.42 Å². The van der Waals surface area contributed by atoms with Crippen LogP contribution < -0.4 is 14.8 Å². The fourth-order valence-electron chi connectivity index (χ4n) is 1.89. The van der Waals surface area contributed by atoms with Crippen molar-refractivity contribution in [1.29, 1.82) is 0 Å². The van der Waals surface area contributed by atoms with Crippen LogP contribution in [0.5, 0.6) is 11.5 Å². The lowest BCUT2D eigenvalue weighted by Gasteiger charge is -2.08. The summed E-state index contributed by atoms with van der Waals surface area (Å²) >= 11 is 0. The molecule has 0 radical (unpaired) electrons. The highest BCUT2D eigenvalue weighted by molar-refractivity contribution is 5.91. The number of hydrogen-bond acceptors (Lipinski definition) is 5. The number of carbonyl (C=O) groups is 1. The molecule has 7 nitrogen and oxygen atoms in total. The number of nitro groups is 1. The zero-order valence-corrected chi connectivity index (χ0v) is 12.8. The van der Waals surface area contributed by atoms with Gasteiger partial charge in [0.1, 0.15) is 11.5 Å². The molecule has 1 amide bonds. The molecule has 8 heteroatoms. The van der Waals surface area contributed by atoms with Crippen molar-refractivity contribution >= 4 is 17.3 Å². The molecule has 24 heavy (non-hydrogen) atoms. The quantitative estimate of drug-likeness (QED) is 0.620. The Morgan fingerprint density at radius 3 is 2.50 bits per heavy atom. The fraction of sp³-hybridized carbons (Fsp3) is 0.188. The number of benzene rings is 2. The SMILES string of the molecule is COc1ccc(OCCC(=O)Nc2ccc(F)c([N+](=O)[O-])c2)cc1. The summed E-state index contributed by atoms with van der Waals surface area (Å²) in [6.07, 6.45) is 0.0389. The van der Waals surface area contributed by atoms with E-state index in [1.54, 1.807) is 31.4 Å². The Hall–Kier alpha value is -3.16.